The van der Waals surface area contributed by atoms with Gasteiger partial charge in [-0.15, -0.1) is 0 Å². The predicted octanol–water partition coefficient (Wildman–Crippen LogP) is 1.51. The van der Waals surface area contributed by atoms with Gasteiger partial charge in [0.25, 0.3) is 0 Å². The second-order valence-corrected chi connectivity index (χ2v) is 4.34. The number of benzene rings is 1. The molecule has 0 saturated carbocycles. The molecule has 0 saturated heterocycles. The van der Waals surface area contributed by atoms with Crippen molar-refractivity contribution >= 4 is 11.7 Å². The van der Waals surface area contributed by atoms with E-state index >= 15 is 0 Å². The SMILES string of the molecule is CN(C)CCOCCNc1ccc(F)cc1C(=O)O. The molecule has 0 aromatic heterocycles. The van der Waals surface area contributed by atoms with Gasteiger partial charge in [0.2, 0.25) is 0 Å². The zero-order valence-corrected chi connectivity index (χ0v) is 11.1. The second-order valence-electron chi connectivity index (χ2n) is 4.34. The zero-order valence-electron chi connectivity index (χ0n) is 11.1. The van der Waals surface area contributed by atoms with Gasteiger partial charge in [0.1, 0.15) is 5.82 Å². The Labute approximate surface area is 112 Å². The molecule has 5 nitrogen and oxygen atoms in total. The smallest absolute Gasteiger partial charge is 0.337 e. The van der Waals surface area contributed by atoms with E-state index in [-0.39, 0.29) is 5.56 Å². The molecule has 0 aliphatic heterocycles. The molecule has 0 amide bonds. The average molecular weight is 270 g/mol. The Bertz CT molecular complexity index is 424. The molecule has 0 spiro atoms. The summed E-state index contributed by atoms with van der Waals surface area (Å²) in [4.78, 5) is 13.0. The van der Waals surface area contributed by atoms with Crippen molar-refractivity contribution in [3.05, 3.63) is 29.6 Å². The minimum atomic E-state index is -1.16. The van der Waals surface area contributed by atoms with E-state index in [1.807, 2.05) is 19.0 Å². The average Bonchev–Trinajstić information content (AvgIpc) is 2.34. The number of nitrogens with zero attached hydrogens (tertiary/aromatic N) is 1. The summed E-state index contributed by atoms with van der Waals surface area (Å²) < 4.78 is 18.3. The van der Waals surface area contributed by atoms with Crippen LogP contribution in [0.1, 0.15) is 10.4 Å². The number of hydrogen-bond donors (Lipinski definition) is 2. The van der Waals surface area contributed by atoms with Gasteiger partial charge in [0.15, 0.2) is 0 Å². The minimum Gasteiger partial charge on any atom is -0.478 e. The van der Waals surface area contributed by atoms with Crippen molar-refractivity contribution in [2.24, 2.45) is 0 Å². The molecule has 0 radical (unpaired) electrons. The van der Waals surface area contributed by atoms with Gasteiger partial charge in [-0.2, -0.15) is 0 Å². The van der Waals surface area contributed by atoms with E-state index in [1.165, 1.54) is 12.1 Å². The van der Waals surface area contributed by atoms with Crippen molar-refractivity contribution in [1.29, 1.82) is 0 Å². The molecule has 0 aliphatic carbocycles. The van der Waals surface area contributed by atoms with Crippen LogP contribution in [0.15, 0.2) is 18.2 Å². The Hall–Kier alpha value is -1.66. The maximum absolute atomic E-state index is 13.0. The standard InChI is InChI=1S/C13H19FN2O3/c1-16(2)6-8-19-7-5-15-12-4-3-10(14)9-11(12)13(17)18/h3-4,9,15H,5-8H2,1-2H3,(H,17,18). The summed E-state index contributed by atoms with van der Waals surface area (Å²) in [7, 11) is 3.92. The largest absolute Gasteiger partial charge is 0.478 e. The summed E-state index contributed by atoms with van der Waals surface area (Å²) in [6.07, 6.45) is 0. The normalized spacial score (nSPS) is 10.7. The number of rotatable bonds is 8. The van der Waals surface area contributed by atoms with E-state index < -0.39 is 11.8 Å². The first-order valence-corrected chi connectivity index (χ1v) is 6.00. The Morgan fingerprint density at radius 2 is 2.16 bits per heavy atom. The van der Waals surface area contributed by atoms with Crippen molar-refractivity contribution in [3.63, 3.8) is 0 Å². The first kappa shape index (κ1) is 15.4. The number of anilines is 1. The van der Waals surface area contributed by atoms with Gasteiger partial charge < -0.3 is 20.1 Å². The highest BCUT2D eigenvalue weighted by molar-refractivity contribution is 5.94. The van der Waals surface area contributed by atoms with E-state index in [9.17, 15) is 9.18 Å². The number of nitrogens with one attached hydrogen (secondary N) is 1. The quantitative estimate of drug-likeness (QED) is 0.701. The lowest BCUT2D eigenvalue weighted by atomic mass is 10.1. The third-order valence-corrected chi connectivity index (χ3v) is 2.46. The van der Waals surface area contributed by atoms with Crippen LogP contribution in [0, 0.1) is 5.82 Å². The van der Waals surface area contributed by atoms with Crippen LogP contribution in [0.5, 0.6) is 0 Å². The number of halogens is 1. The van der Waals surface area contributed by atoms with Gasteiger partial charge in [-0.25, -0.2) is 9.18 Å². The molecule has 0 aliphatic rings. The fourth-order valence-corrected chi connectivity index (χ4v) is 1.45. The van der Waals surface area contributed by atoms with Gasteiger partial charge in [0.05, 0.1) is 18.8 Å². The minimum absolute atomic E-state index is 0.0757. The first-order chi connectivity index (χ1) is 9.00. The van der Waals surface area contributed by atoms with Crippen molar-refractivity contribution in [3.8, 4) is 0 Å². The van der Waals surface area contributed by atoms with Crippen LogP contribution in [0.25, 0.3) is 0 Å². The second kappa shape index (κ2) is 7.70. The molecule has 6 heteroatoms. The molecule has 0 unspecified atom stereocenters. The highest BCUT2D eigenvalue weighted by atomic mass is 19.1. The van der Waals surface area contributed by atoms with Gasteiger partial charge in [-0.1, -0.05) is 0 Å². The van der Waals surface area contributed by atoms with Gasteiger partial charge in [-0.3, -0.25) is 0 Å². The zero-order chi connectivity index (χ0) is 14.3. The predicted molar refractivity (Wildman–Crippen MR) is 71.2 cm³/mol. The first-order valence-electron chi connectivity index (χ1n) is 6.00. The van der Waals surface area contributed by atoms with Crippen LogP contribution in [-0.2, 0) is 4.74 Å². The Morgan fingerprint density at radius 3 is 2.79 bits per heavy atom. The molecule has 0 atom stereocenters. The monoisotopic (exact) mass is 270 g/mol. The van der Waals surface area contributed by atoms with Crippen molar-refractivity contribution < 1.29 is 19.0 Å². The van der Waals surface area contributed by atoms with E-state index in [4.69, 9.17) is 9.84 Å². The summed E-state index contributed by atoms with van der Waals surface area (Å²) >= 11 is 0. The maximum Gasteiger partial charge on any atom is 0.337 e. The topological polar surface area (TPSA) is 61.8 Å². The number of likely N-dealkylation sites (N-methyl/N-ethyl adjacent to an activating group) is 1. The van der Waals surface area contributed by atoms with Crippen molar-refractivity contribution in [2.45, 2.75) is 0 Å². The van der Waals surface area contributed by atoms with E-state index in [0.29, 0.717) is 25.4 Å². The Morgan fingerprint density at radius 1 is 1.42 bits per heavy atom. The van der Waals surface area contributed by atoms with E-state index in [2.05, 4.69) is 5.32 Å². The van der Waals surface area contributed by atoms with E-state index in [0.717, 1.165) is 12.6 Å². The summed E-state index contributed by atoms with van der Waals surface area (Å²) in [5.74, 6) is -1.72. The summed E-state index contributed by atoms with van der Waals surface area (Å²) in [6, 6.07) is 3.64. The van der Waals surface area contributed by atoms with Crippen LogP contribution < -0.4 is 5.32 Å². The highest BCUT2D eigenvalue weighted by Gasteiger charge is 2.10. The molecule has 0 bridgehead atoms. The Kier molecular flexibility index (Phi) is 6.24. The molecular formula is C13H19FN2O3. The Balaban J connectivity index is 2.39. The fourth-order valence-electron chi connectivity index (χ4n) is 1.45. The molecule has 0 fully saturated rings. The summed E-state index contributed by atoms with van der Waals surface area (Å²) in [5, 5.41) is 11.9. The van der Waals surface area contributed by atoms with Crippen LogP contribution in [0.4, 0.5) is 10.1 Å². The van der Waals surface area contributed by atoms with Crippen LogP contribution in [-0.4, -0.2) is 56.4 Å². The van der Waals surface area contributed by atoms with Crippen LogP contribution >= 0.6 is 0 Å². The van der Waals surface area contributed by atoms with Crippen LogP contribution in [0.3, 0.4) is 0 Å². The van der Waals surface area contributed by atoms with Crippen molar-refractivity contribution in [1.82, 2.24) is 4.90 Å². The lowest BCUT2D eigenvalue weighted by Gasteiger charge is -2.12. The molecule has 106 valence electrons. The van der Waals surface area contributed by atoms with Crippen molar-refractivity contribution in [2.75, 3.05) is 45.7 Å². The maximum atomic E-state index is 13.0. The molecular weight excluding hydrogens is 251 g/mol. The fraction of sp³-hybridized carbons (Fsp3) is 0.462. The van der Waals surface area contributed by atoms with Crippen LogP contribution in [0.2, 0.25) is 0 Å². The number of carbonyl (C=O) groups is 1. The number of ether oxygens (including phenoxy) is 1. The van der Waals surface area contributed by atoms with Gasteiger partial charge in [-0.05, 0) is 32.3 Å². The number of hydrogen-bond acceptors (Lipinski definition) is 4. The molecule has 1 aromatic rings. The molecule has 2 N–H and O–H groups in total. The number of aromatic carboxylic acids is 1. The third-order valence-electron chi connectivity index (χ3n) is 2.46. The molecule has 1 rings (SSSR count). The highest BCUT2D eigenvalue weighted by Crippen LogP contribution is 2.16. The number of carboxylic acid groups (broad SMARTS) is 1. The molecule has 19 heavy (non-hydrogen) atoms. The van der Waals surface area contributed by atoms with Gasteiger partial charge in [0, 0.05) is 18.8 Å². The van der Waals surface area contributed by atoms with E-state index in [1.54, 1.807) is 0 Å². The summed E-state index contributed by atoms with van der Waals surface area (Å²) in [5.41, 5.74) is 0.318. The summed E-state index contributed by atoms with van der Waals surface area (Å²) in [6.45, 7) is 2.38. The number of carboxylic acids is 1. The third kappa shape index (κ3) is 5.67. The molecule has 1 aromatic carbocycles. The lowest BCUT2D eigenvalue weighted by Crippen LogP contribution is -2.20. The lowest BCUT2D eigenvalue weighted by molar-refractivity contribution is 0.0697. The molecule has 0 heterocycles. The van der Waals surface area contributed by atoms with Gasteiger partial charge >= 0.3 is 5.97 Å².